The topological polar surface area (TPSA) is 134 Å². The molecule has 0 aromatic carbocycles. The smallest absolute Gasteiger partial charge is 0.462 e. The van der Waals surface area contributed by atoms with E-state index in [9.17, 15) is 19.0 Å². The van der Waals surface area contributed by atoms with Crippen LogP contribution in [0.4, 0.5) is 0 Å². The molecule has 0 amide bonds. The maximum absolute atomic E-state index is 12.5. The first kappa shape index (κ1) is 50.5. The summed E-state index contributed by atoms with van der Waals surface area (Å²) in [5.41, 5.74) is 5.33. The van der Waals surface area contributed by atoms with Gasteiger partial charge in [-0.2, -0.15) is 0 Å². The molecule has 1 unspecified atom stereocenters. The van der Waals surface area contributed by atoms with Crippen molar-refractivity contribution in [3.63, 3.8) is 0 Å². The molecule has 0 aliphatic rings. The van der Waals surface area contributed by atoms with Gasteiger partial charge in [0.15, 0.2) is 6.10 Å². The summed E-state index contributed by atoms with van der Waals surface area (Å²) in [6.45, 7) is 3.49. The van der Waals surface area contributed by atoms with Crippen LogP contribution in [0.5, 0.6) is 0 Å². The Morgan fingerprint density at radius 1 is 0.585 bits per heavy atom. The van der Waals surface area contributed by atoms with Gasteiger partial charge in [-0.3, -0.25) is 18.6 Å². The molecule has 2 atom stereocenters. The van der Waals surface area contributed by atoms with Crippen molar-refractivity contribution in [2.45, 2.75) is 161 Å². The number of rotatable bonds is 37. The second-order valence-corrected chi connectivity index (χ2v) is 14.6. The van der Waals surface area contributed by atoms with Crippen LogP contribution in [0.3, 0.4) is 0 Å². The van der Waals surface area contributed by atoms with Gasteiger partial charge in [-0.1, -0.05) is 151 Å². The highest BCUT2D eigenvalue weighted by Gasteiger charge is 2.25. The van der Waals surface area contributed by atoms with Gasteiger partial charge >= 0.3 is 19.8 Å². The molecular weight excluding hydrogens is 689 g/mol. The number of carbonyl (C=O) groups is 2. The molecule has 0 bridgehead atoms. The minimum Gasteiger partial charge on any atom is -0.462 e. The number of allylic oxidation sites excluding steroid dienone is 12. The summed E-state index contributed by atoms with van der Waals surface area (Å²) in [6.07, 6.45) is 46.7. The van der Waals surface area contributed by atoms with Crippen molar-refractivity contribution in [2.24, 2.45) is 5.73 Å². The number of hydrogen-bond acceptors (Lipinski definition) is 8. The molecular formula is C43H74NO8P. The Morgan fingerprint density at radius 3 is 1.64 bits per heavy atom. The molecule has 9 nitrogen and oxygen atoms in total. The van der Waals surface area contributed by atoms with E-state index in [-0.39, 0.29) is 32.6 Å². The third-order valence-corrected chi connectivity index (χ3v) is 9.07. The predicted molar refractivity (Wildman–Crippen MR) is 219 cm³/mol. The maximum atomic E-state index is 12.5. The highest BCUT2D eigenvalue weighted by atomic mass is 31.2. The van der Waals surface area contributed by atoms with Crippen LogP contribution in [0.1, 0.15) is 155 Å². The van der Waals surface area contributed by atoms with Crippen molar-refractivity contribution in [3.05, 3.63) is 72.9 Å². The van der Waals surface area contributed by atoms with Gasteiger partial charge in [-0.05, 0) is 64.2 Å². The van der Waals surface area contributed by atoms with E-state index in [1.807, 2.05) is 12.2 Å². The van der Waals surface area contributed by atoms with Gasteiger partial charge in [-0.25, -0.2) is 4.57 Å². The zero-order valence-corrected chi connectivity index (χ0v) is 34.1. The Bertz CT molecular complexity index is 1100. The summed E-state index contributed by atoms with van der Waals surface area (Å²) in [5.74, 6) is -0.960. The lowest BCUT2D eigenvalue weighted by molar-refractivity contribution is -0.161. The standard InChI is InChI=1S/C43H74NO8P/c1-3-5-7-9-11-13-15-17-19-20-22-24-26-28-30-32-34-36-43(46)52-41(40-51-53(47,48)50-38-37-44)39-49-42(45)35-33-31-29-27-25-23-21-18-16-14-12-10-8-6-4-2/h5,7,11,13,17,19,22,24,28-31,41H,3-4,6,8-10,12,14-16,18,20-21,23,25-27,32-40,44H2,1-2H3,(H,47,48)/b7-5+,13-11+,19-17+,24-22+,30-28+,31-29+/t41-/m1/s1. The van der Waals surface area contributed by atoms with Crippen LogP contribution < -0.4 is 5.73 Å². The third kappa shape index (κ3) is 39.0. The number of phosphoric ester groups is 1. The molecule has 0 rings (SSSR count). The molecule has 53 heavy (non-hydrogen) atoms. The van der Waals surface area contributed by atoms with E-state index < -0.39 is 32.5 Å². The largest absolute Gasteiger partial charge is 0.472 e. The van der Waals surface area contributed by atoms with Gasteiger partial charge in [0.05, 0.1) is 13.2 Å². The fraction of sp³-hybridized carbons (Fsp3) is 0.674. The molecule has 0 aromatic heterocycles. The molecule has 0 saturated heterocycles. The quantitative estimate of drug-likeness (QED) is 0.0274. The molecule has 0 aliphatic heterocycles. The fourth-order valence-corrected chi connectivity index (χ4v) is 5.86. The summed E-state index contributed by atoms with van der Waals surface area (Å²) in [5, 5.41) is 0. The Labute approximate surface area is 322 Å². The summed E-state index contributed by atoms with van der Waals surface area (Å²) in [6, 6.07) is 0. The Kier molecular flexibility index (Phi) is 37.3. The molecule has 10 heteroatoms. The van der Waals surface area contributed by atoms with Crippen molar-refractivity contribution >= 4 is 19.8 Å². The minimum atomic E-state index is -4.40. The number of nitrogens with two attached hydrogens (primary N) is 1. The zero-order valence-electron chi connectivity index (χ0n) is 33.2. The second kappa shape index (κ2) is 39.2. The number of phosphoric acid groups is 1. The minimum absolute atomic E-state index is 0.0373. The van der Waals surface area contributed by atoms with E-state index in [1.165, 1.54) is 64.2 Å². The van der Waals surface area contributed by atoms with Crippen LogP contribution in [0, 0.1) is 0 Å². The first-order valence-corrected chi connectivity index (χ1v) is 21.9. The van der Waals surface area contributed by atoms with E-state index in [0.717, 1.165) is 44.9 Å². The van der Waals surface area contributed by atoms with Crippen molar-refractivity contribution < 1.29 is 37.6 Å². The van der Waals surface area contributed by atoms with Gasteiger partial charge in [0.2, 0.25) is 0 Å². The summed E-state index contributed by atoms with van der Waals surface area (Å²) in [4.78, 5) is 34.7. The maximum Gasteiger partial charge on any atom is 0.472 e. The Morgan fingerprint density at radius 2 is 1.08 bits per heavy atom. The van der Waals surface area contributed by atoms with Gasteiger partial charge in [0.25, 0.3) is 0 Å². The van der Waals surface area contributed by atoms with Gasteiger partial charge in [0, 0.05) is 19.4 Å². The lowest BCUT2D eigenvalue weighted by Crippen LogP contribution is -2.29. The predicted octanol–water partition coefficient (Wildman–Crippen LogP) is 11.5. The van der Waals surface area contributed by atoms with Crippen molar-refractivity contribution in [1.82, 2.24) is 0 Å². The van der Waals surface area contributed by atoms with Crippen LogP contribution in [0.15, 0.2) is 72.9 Å². The van der Waals surface area contributed by atoms with E-state index in [0.29, 0.717) is 19.3 Å². The second-order valence-electron chi connectivity index (χ2n) is 13.1. The third-order valence-electron chi connectivity index (χ3n) is 8.09. The lowest BCUT2D eigenvalue weighted by Gasteiger charge is -2.19. The molecule has 0 heterocycles. The van der Waals surface area contributed by atoms with Gasteiger partial charge < -0.3 is 20.1 Å². The zero-order chi connectivity index (χ0) is 38.9. The lowest BCUT2D eigenvalue weighted by atomic mass is 10.1. The normalized spacial score (nSPS) is 14.1. The number of unbranched alkanes of at least 4 members (excludes halogenated alkanes) is 12. The van der Waals surface area contributed by atoms with E-state index >= 15 is 0 Å². The summed E-state index contributed by atoms with van der Waals surface area (Å²) >= 11 is 0. The van der Waals surface area contributed by atoms with Gasteiger partial charge in [-0.15, -0.1) is 0 Å². The number of hydrogen-bond donors (Lipinski definition) is 2. The Balaban J connectivity index is 4.34. The van der Waals surface area contributed by atoms with Crippen molar-refractivity contribution in [2.75, 3.05) is 26.4 Å². The SMILES string of the molecule is CC/C=C/C/C=C/C/C=C/C/C=C/C/C=C/CCCC(=O)O[C@H](COC(=O)CC/C=C/CCCCCCCCCCCCC)COP(=O)(O)OCCN. The molecule has 0 fully saturated rings. The Hall–Kier alpha value is -2.55. The highest BCUT2D eigenvalue weighted by Crippen LogP contribution is 2.43. The van der Waals surface area contributed by atoms with Crippen LogP contribution in [-0.2, 0) is 32.7 Å². The molecule has 0 saturated carbocycles. The van der Waals surface area contributed by atoms with Crippen LogP contribution in [0.25, 0.3) is 0 Å². The molecule has 304 valence electrons. The molecule has 0 spiro atoms. The monoisotopic (exact) mass is 764 g/mol. The number of carbonyl (C=O) groups excluding carboxylic acids is 2. The summed E-state index contributed by atoms with van der Waals surface area (Å²) < 4.78 is 32.6. The number of esters is 2. The highest BCUT2D eigenvalue weighted by molar-refractivity contribution is 7.47. The van der Waals surface area contributed by atoms with Crippen LogP contribution in [-0.4, -0.2) is 49.3 Å². The molecule has 0 aromatic rings. The van der Waals surface area contributed by atoms with Crippen molar-refractivity contribution in [3.8, 4) is 0 Å². The van der Waals surface area contributed by atoms with E-state index in [1.54, 1.807) is 0 Å². The average molecular weight is 764 g/mol. The molecule has 0 aliphatic carbocycles. The fourth-order valence-electron chi connectivity index (χ4n) is 5.10. The first-order chi connectivity index (χ1) is 25.8. The van der Waals surface area contributed by atoms with Gasteiger partial charge in [0.1, 0.15) is 6.61 Å². The summed E-state index contributed by atoms with van der Waals surface area (Å²) in [7, 11) is -4.40. The molecule has 3 N–H and O–H groups in total. The van der Waals surface area contributed by atoms with E-state index in [4.69, 9.17) is 24.3 Å². The molecule has 0 radical (unpaired) electrons. The van der Waals surface area contributed by atoms with Crippen LogP contribution in [0.2, 0.25) is 0 Å². The van der Waals surface area contributed by atoms with Crippen LogP contribution >= 0.6 is 7.82 Å². The first-order valence-electron chi connectivity index (χ1n) is 20.4. The van der Waals surface area contributed by atoms with Crippen molar-refractivity contribution in [1.29, 1.82) is 0 Å². The average Bonchev–Trinajstić information content (AvgIpc) is 3.14. The number of ether oxygens (including phenoxy) is 2. The van der Waals surface area contributed by atoms with E-state index in [2.05, 4.69) is 74.6 Å².